The van der Waals surface area contributed by atoms with E-state index in [0.29, 0.717) is 6.04 Å². The van der Waals surface area contributed by atoms with Crippen molar-refractivity contribution < 1.29 is 4.74 Å². The Labute approximate surface area is 131 Å². The number of nitrogens with zero attached hydrogens (tertiary/aromatic N) is 2. The molecule has 1 rings (SSSR count). The molecule has 1 atom stereocenters. The second-order valence-corrected chi connectivity index (χ2v) is 6.02. The summed E-state index contributed by atoms with van der Waals surface area (Å²) in [6, 6.07) is 0.443. The van der Waals surface area contributed by atoms with Crippen LogP contribution in [-0.2, 0) is 18.2 Å². The van der Waals surface area contributed by atoms with Crippen LogP contribution in [0.2, 0.25) is 0 Å². The lowest BCUT2D eigenvalue weighted by Gasteiger charge is -2.19. The zero-order valence-corrected chi connectivity index (χ0v) is 14.8. The Morgan fingerprint density at radius 2 is 2.05 bits per heavy atom. The summed E-state index contributed by atoms with van der Waals surface area (Å²) in [5.74, 6) is 0. The first-order valence-electron chi connectivity index (χ1n) is 7.59. The Kier molecular flexibility index (Phi) is 8.41. The van der Waals surface area contributed by atoms with Gasteiger partial charge in [0.2, 0.25) is 0 Å². The number of aryl methyl sites for hydroxylation is 2. The molecule has 1 heterocycles. The van der Waals surface area contributed by atoms with Crippen LogP contribution in [-0.4, -0.2) is 35.6 Å². The Bertz CT molecular complexity index is 393. The van der Waals surface area contributed by atoms with E-state index in [1.54, 1.807) is 0 Å². The molecule has 0 aliphatic rings. The minimum Gasteiger partial charge on any atom is -0.381 e. The second-order valence-electron chi connectivity index (χ2n) is 5.23. The van der Waals surface area contributed by atoms with E-state index in [0.717, 1.165) is 55.6 Å². The van der Waals surface area contributed by atoms with E-state index in [1.165, 1.54) is 5.69 Å². The quantitative estimate of drug-likeness (QED) is 0.661. The summed E-state index contributed by atoms with van der Waals surface area (Å²) in [6.07, 6.45) is 4.25. The largest absolute Gasteiger partial charge is 0.381 e. The Morgan fingerprint density at radius 3 is 2.60 bits per heavy atom. The summed E-state index contributed by atoms with van der Waals surface area (Å²) in [7, 11) is 2.01. The van der Waals surface area contributed by atoms with Gasteiger partial charge in [0, 0.05) is 32.7 Å². The van der Waals surface area contributed by atoms with Gasteiger partial charge in [0.1, 0.15) is 0 Å². The molecular formula is C15H28BrN3O. The highest BCUT2D eigenvalue weighted by Crippen LogP contribution is 2.22. The van der Waals surface area contributed by atoms with Crippen LogP contribution in [0.25, 0.3) is 0 Å². The number of hydrogen-bond donors (Lipinski definition) is 1. The zero-order chi connectivity index (χ0) is 15.0. The van der Waals surface area contributed by atoms with Crippen LogP contribution >= 0.6 is 15.9 Å². The van der Waals surface area contributed by atoms with Gasteiger partial charge in [-0.25, -0.2) is 0 Å². The van der Waals surface area contributed by atoms with Crippen molar-refractivity contribution >= 4 is 15.9 Å². The van der Waals surface area contributed by atoms with Crippen molar-refractivity contribution in [2.45, 2.75) is 52.5 Å². The van der Waals surface area contributed by atoms with E-state index in [4.69, 9.17) is 4.74 Å². The Balaban J connectivity index is 2.58. The maximum absolute atomic E-state index is 5.62. The predicted octanol–water partition coefficient (Wildman–Crippen LogP) is 3.22. The summed E-state index contributed by atoms with van der Waals surface area (Å²) in [4.78, 5) is 0. The van der Waals surface area contributed by atoms with E-state index in [2.05, 4.69) is 40.2 Å². The van der Waals surface area contributed by atoms with Crippen LogP contribution in [0.4, 0.5) is 0 Å². The molecule has 0 radical (unpaired) electrons. The number of nitrogens with one attached hydrogen (secondary N) is 1. The molecule has 0 aromatic carbocycles. The van der Waals surface area contributed by atoms with Gasteiger partial charge in [0.15, 0.2) is 0 Å². The Morgan fingerprint density at radius 1 is 1.30 bits per heavy atom. The highest BCUT2D eigenvalue weighted by Gasteiger charge is 2.16. The Hall–Kier alpha value is -0.390. The van der Waals surface area contributed by atoms with Gasteiger partial charge >= 0.3 is 0 Å². The van der Waals surface area contributed by atoms with Crippen molar-refractivity contribution in [3.63, 3.8) is 0 Å². The molecule has 0 aliphatic heterocycles. The van der Waals surface area contributed by atoms with Crippen molar-refractivity contribution in [3.05, 3.63) is 15.9 Å². The first-order chi connectivity index (χ1) is 9.60. The van der Waals surface area contributed by atoms with Gasteiger partial charge < -0.3 is 10.1 Å². The second kappa shape index (κ2) is 9.53. The van der Waals surface area contributed by atoms with Gasteiger partial charge in [-0.15, -0.1) is 0 Å². The lowest BCUT2D eigenvalue weighted by molar-refractivity contribution is 0.124. The fourth-order valence-corrected chi connectivity index (χ4v) is 2.73. The van der Waals surface area contributed by atoms with Crippen molar-refractivity contribution in [3.8, 4) is 0 Å². The molecule has 1 aromatic rings. The molecule has 0 saturated heterocycles. The topological polar surface area (TPSA) is 39.1 Å². The summed E-state index contributed by atoms with van der Waals surface area (Å²) < 4.78 is 8.74. The molecule has 1 N–H and O–H groups in total. The maximum atomic E-state index is 5.62. The van der Waals surface area contributed by atoms with E-state index in [1.807, 2.05) is 18.7 Å². The number of ether oxygens (including phenoxy) is 1. The smallest absolute Gasteiger partial charge is 0.0738 e. The summed E-state index contributed by atoms with van der Waals surface area (Å²) >= 11 is 3.65. The normalized spacial score (nSPS) is 12.8. The van der Waals surface area contributed by atoms with Crippen LogP contribution in [0.3, 0.4) is 0 Å². The van der Waals surface area contributed by atoms with Gasteiger partial charge in [0.25, 0.3) is 0 Å². The molecule has 0 bridgehead atoms. The minimum atomic E-state index is 0.443. The molecule has 1 aromatic heterocycles. The predicted molar refractivity (Wildman–Crippen MR) is 87.2 cm³/mol. The van der Waals surface area contributed by atoms with Gasteiger partial charge in [-0.3, -0.25) is 4.68 Å². The molecule has 0 aliphatic carbocycles. The third-order valence-electron chi connectivity index (χ3n) is 3.34. The molecular weight excluding hydrogens is 318 g/mol. The third kappa shape index (κ3) is 5.54. The van der Waals surface area contributed by atoms with E-state index >= 15 is 0 Å². The number of aromatic nitrogens is 2. The van der Waals surface area contributed by atoms with Gasteiger partial charge in [-0.1, -0.05) is 13.8 Å². The van der Waals surface area contributed by atoms with Crippen LogP contribution in [0.5, 0.6) is 0 Å². The van der Waals surface area contributed by atoms with E-state index < -0.39 is 0 Å². The zero-order valence-electron chi connectivity index (χ0n) is 13.2. The van der Waals surface area contributed by atoms with Crippen LogP contribution in [0.1, 0.15) is 44.5 Å². The number of hydrogen-bond acceptors (Lipinski definition) is 3. The SMILES string of the molecule is CCCNC(CCOCCC)Cc1c(Br)c(C)nn1C. The van der Waals surface area contributed by atoms with E-state index in [-0.39, 0.29) is 0 Å². The lowest BCUT2D eigenvalue weighted by Crippen LogP contribution is -2.33. The van der Waals surface area contributed by atoms with E-state index in [9.17, 15) is 0 Å². The molecule has 20 heavy (non-hydrogen) atoms. The monoisotopic (exact) mass is 345 g/mol. The number of halogens is 1. The molecule has 1 unspecified atom stereocenters. The first-order valence-corrected chi connectivity index (χ1v) is 8.38. The van der Waals surface area contributed by atoms with Crippen LogP contribution in [0.15, 0.2) is 4.47 Å². The average molecular weight is 346 g/mol. The first kappa shape index (κ1) is 17.7. The van der Waals surface area contributed by atoms with Crippen molar-refractivity contribution in [1.29, 1.82) is 0 Å². The standard InChI is InChI=1S/C15H28BrN3O/c1-5-8-17-13(7-10-20-9-6-2)11-14-15(16)12(3)18-19(14)4/h13,17H,5-11H2,1-4H3. The van der Waals surface area contributed by atoms with Crippen molar-refractivity contribution in [1.82, 2.24) is 15.1 Å². The third-order valence-corrected chi connectivity index (χ3v) is 4.38. The van der Waals surface area contributed by atoms with Crippen LogP contribution < -0.4 is 5.32 Å². The summed E-state index contributed by atoms with van der Waals surface area (Å²) in [6.45, 7) is 9.10. The fraction of sp³-hybridized carbons (Fsp3) is 0.800. The molecule has 0 fully saturated rings. The molecule has 0 spiro atoms. The lowest BCUT2D eigenvalue weighted by atomic mass is 10.1. The average Bonchev–Trinajstić information content (AvgIpc) is 2.66. The minimum absolute atomic E-state index is 0.443. The van der Waals surface area contributed by atoms with Crippen molar-refractivity contribution in [2.24, 2.45) is 7.05 Å². The number of rotatable bonds is 10. The molecule has 0 amide bonds. The highest BCUT2D eigenvalue weighted by molar-refractivity contribution is 9.10. The van der Waals surface area contributed by atoms with Gasteiger partial charge in [-0.2, -0.15) is 5.10 Å². The molecule has 4 nitrogen and oxygen atoms in total. The highest BCUT2D eigenvalue weighted by atomic mass is 79.9. The van der Waals surface area contributed by atoms with Gasteiger partial charge in [0.05, 0.1) is 15.9 Å². The van der Waals surface area contributed by atoms with Crippen molar-refractivity contribution in [2.75, 3.05) is 19.8 Å². The van der Waals surface area contributed by atoms with Gasteiger partial charge in [-0.05, 0) is 48.7 Å². The fourth-order valence-electron chi connectivity index (χ4n) is 2.23. The molecule has 116 valence electrons. The molecule has 0 saturated carbocycles. The maximum Gasteiger partial charge on any atom is 0.0738 e. The molecule has 5 heteroatoms. The van der Waals surface area contributed by atoms with Crippen LogP contribution in [0, 0.1) is 6.92 Å². The summed E-state index contributed by atoms with van der Waals surface area (Å²) in [5.41, 5.74) is 2.31. The summed E-state index contributed by atoms with van der Waals surface area (Å²) in [5, 5.41) is 8.08.